The number of nitrogens with one attached hydrogen (secondary N) is 1. The maximum Gasteiger partial charge on any atom is 0.0472 e. The molecular formula is C11H17NO. The highest BCUT2D eigenvalue weighted by Crippen LogP contribution is 1.88. The van der Waals surface area contributed by atoms with Crippen molar-refractivity contribution < 1.29 is 5.11 Å². The Morgan fingerprint density at radius 1 is 1.54 bits per heavy atom. The summed E-state index contributed by atoms with van der Waals surface area (Å²) in [4.78, 5) is 3.20. The van der Waals surface area contributed by atoms with Gasteiger partial charge >= 0.3 is 0 Å². The van der Waals surface area contributed by atoms with Crippen molar-refractivity contribution in [2.75, 3.05) is 6.61 Å². The van der Waals surface area contributed by atoms with Gasteiger partial charge in [0.15, 0.2) is 0 Å². The van der Waals surface area contributed by atoms with Crippen LogP contribution in [0.5, 0.6) is 0 Å². The van der Waals surface area contributed by atoms with Crippen LogP contribution in [0.3, 0.4) is 0 Å². The van der Waals surface area contributed by atoms with Gasteiger partial charge in [-0.2, -0.15) is 0 Å². The Bertz CT molecular complexity index is 362. The van der Waals surface area contributed by atoms with Crippen molar-refractivity contribution >= 4 is 12.2 Å². The van der Waals surface area contributed by atoms with Crippen LogP contribution in [-0.4, -0.2) is 16.7 Å². The summed E-state index contributed by atoms with van der Waals surface area (Å²) < 4.78 is 0. The zero-order valence-corrected chi connectivity index (χ0v) is 8.30. The average molecular weight is 179 g/mol. The standard InChI is InChI=1S/C11H17NO/c1-3-5-10-9(6-7-13)8-12-11(10)4-2/h4-5,8,12-13H,3,6-7H2,1-2H3/b10-5-,11-4+. The van der Waals surface area contributed by atoms with Crippen LogP contribution in [0.1, 0.15) is 25.8 Å². The van der Waals surface area contributed by atoms with Gasteiger partial charge < -0.3 is 10.1 Å². The Labute approximate surface area is 78.6 Å². The van der Waals surface area contributed by atoms with Crippen molar-refractivity contribution in [1.29, 1.82) is 0 Å². The number of aromatic amines is 1. The van der Waals surface area contributed by atoms with Gasteiger partial charge in [-0.15, -0.1) is 0 Å². The molecule has 72 valence electrons. The number of aliphatic hydroxyl groups excluding tert-OH is 1. The molecule has 0 unspecified atom stereocenters. The quantitative estimate of drug-likeness (QED) is 0.698. The number of aromatic nitrogens is 1. The fourth-order valence-electron chi connectivity index (χ4n) is 1.50. The van der Waals surface area contributed by atoms with Gasteiger partial charge in [0.05, 0.1) is 0 Å². The van der Waals surface area contributed by atoms with Gasteiger partial charge in [-0.3, -0.25) is 0 Å². The van der Waals surface area contributed by atoms with E-state index in [2.05, 4.69) is 24.1 Å². The molecule has 0 spiro atoms. The fraction of sp³-hybridized carbons (Fsp3) is 0.455. The smallest absolute Gasteiger partial charge is 0.0472 e. The Kier molecular flexibility index (Phi) is 3.77. The van der Waals surface area contributed by atoms with Crippen LogP contribution in [0.2, 0.25) is 0 Å². The van der Waals surface area contributed by atoms with Crippen molar-refractivity contribution in [1.82, 2.24) is 4.98 Å². The van der Waals surface area contributed by atoms with Gasteiger partial charge in [0.25, 0.3) is 0 Å². The number of hydrogen-bond acceptors (Lipinski definition) is 1. The molecule has 0 saturated heterocycles. The summed E-state index contributed by atoms with van der Waals surface area (Å²) in [6.45, 7) is 4.35. The Morgan fingerprint density at radius 3 is 2.85 bits per heavy atom. The average Bonchev–Trinajstić information content (AvgIpc) is 2.50. The van der Waals surface area contributed by atoms with Crippen LogP contribution in [0.4, 0.5) is 0 Å². The minimum atomic E-state index is 0.214. The van der Waals surface area contributed by atoms with E-state index in [0.29, 0.717) is 0 Å². The monoisotopic (exact) mass is 179 g/mol. The molecule has 0 saturated carbocycles. The van der Waals surface area contributed by atoms with E-state index in [1.807, 2.05) is 13.1 Å². The molecule has 1 heterocycles. The van der Waals surface area contributed by atoms with E-state index >= 15 is 0 Å². The highest BCUT2D eigenvalue weighted by Gasteiger charge is 1.96. The van der Waals surface area contributed by atoms with E-state index in [4.69, 9.17) is 5.11 Å². The first-order chi connectivity index (χ1) is 6.33. The number of hydrogen-bond donors (Lipinski definition) is 2. The summed E-state index contributed by atoms with van der Waals surface area (Å²) in [6, 6.07) is 0. The maximum atomic E-state index is 8.86. The predicted octanol–water partition coefficient (Wildman–Crippen LogP) is 0.540. The molecule has 0 amide bonds. The van der Waals surface area contributed by atoms with Crippen LogP contribution >= 0.6 is 0 Å². The lowest BCUT2D eigenvalue weighted by atomic mass is 10.2. The third-order valence-electron chi connectivity index (χ3n) is 2.12. The molecule has 0 radical (unpaired) electrons. The van der Waals surface area contributed by atoms with E-state index in [1.165, 1.54) is 10.8 Å². The second-order valence-electron chi connectivity index (χ2n) is 3.02. The van der Waals surface area contributed by atoms with E-state index < -0.39 is 0 Å². The van der Waals surface area contributed by atoms with Gasteiger partial charge in [0.2, 0.25) is 0 Å². The van der Waals surface area contributed by atoms with Gasteiger partial charge in [0, 0.05) is 18.2 Å². The lowest BCUT2D eigenvalue weighted by Crippen LogP contribution is -2.25. The Morgan fingerprint density at radius 2 is 2.31 bits per heavy atom. The van der Waals surface area contributed by atoms with Crippen molar-refractivity contribution in [2.45, 2.75) is 26.7 Å². The van der Waals surface area contributed by atoms with Crippen LogP contribution in [0.25, 0.3) is 12.2 Å². The molecule has 2 N–H and O–H groups in total. The molecule has 0 aliphatic carbocycles. The summed E-state index contributed by atoms with van der Waals surface area (Å²) in [5.41, 5.74) is 1.21. The summed E-state index contributed by atoms with van der Waals surface area (Å²) >= 11 is 0. The molecule has 2 heteroatoms. The molecular weight excluding hydrogens is 162 g/mol. The predicted molar refractivity (Wildman–Crippen MR) is 55.7 cm³/mol. The first-order valence-electron chi connectivity index (χ1n) is 4.77. The van der Waals surface area contributed by atoms with Crippen LogP contribution < -0.4 is 10.6 Å². The first-order valence-corrected chi connectivity index (χ1v) is 4.77. The highest BCUT2D eigenvalue weighted by atomic mass is 16.2. The zero-order valence-electron chi connectivity index (χ0n) is 8.30. The Hall–Kier alpha value is -1.02. The third-order valence-corrected chi connectivity index (χ3v) is 2.12. The summed E-state index contributed by atoms with van der Waals surface area (Å²) in [6.07, 6.45) is 7.99. The summed E-state index contributed by atoms with van der Waals surface area (Å²) in [5.74, 6) is 0. The van der Waals surface area contributed by atoms with E-state index in [1.54, 1.807) is 0 Å². The van der Waals surface area contributed by atoms with E-state index in [9.17, 15) is 0 Å². The lowest BCUT2D eigenvalue weighted by Gasteiger charge is -1.91. The molecule has 0 aliphatic rings. The molecule has 0 fully saturated rings. The second-order valence-corrected chi connectivity index (χ2v) is 3.02. The van der Waals surface area contributed by atoms with E-state index in [-0.39, 0.29) is 6.61 Å². The van der Waals surface area contributed by atoms with Crippen LogP contribution in [-0.2, 0) is 6.42 Å². The Balaban J connectivity index is 3.23. The first kappa shape index (κ1) is 10.1. The molecule has 0 aliphatic heterocycles. The molecule has 13 heavy (non-hydrogen) atoms. The summed E-state index contributed by atoms with van der Waals surface area (Å²) in [5, 5.41) is 11.3. The molecule has 1 rings (SSSR count). The molecule has 1 aromatic rings. The van der Waals surface area contributed by atoms with Gasteiger partial charge in [-0.1, -0.05) is 19.1 Å². The molecule has 0 aromatic carbocycles. The minimum Gasteiger partial charge on any atom is -0.396 e. The molecule has 2 nitrogen and oxygen atoms in total. The lowest BCUT2D eigenvalue weighted by molar-refractivity contribution is 0.299. The number of aliphatic hydroxyl groups is 1. The fourth-order valence-corrected chi connectivity index (χ4v) is 1.50. The van der Waals surface area contributed by atoms with Crippen LogP contribution in [0.15, 0.2) is 6.20 Å². The second kappa shape index (κ2) is 4.87. The molecule has 0 atom stereocenters. The van der Waals surface area contributed by atoms with Crippen molar-refractivity contribution in [3.8, 4) is 0 Å². The highest BCUT2D eigenvalue weighted by molar-refractivity contribution is 5.32. The topological polar surface area (TPSA) is 36.0 Å². The molecule has 0 bridgehead atoms. The largest absolute Gasteiger partial charge is 0.396 e. The minimum absolute atomic E-state index is 0.214. The van der Waals surface area contributed by atoms with E-state index in [0.717, 1.165) is 18.2 Å². The van der Waals surface area contributed by atoms with Gasteiger partial charge in [-0.25, -0.2) is 0 Å². The number of H-pyrrole nitrogens is 1. The van der Waals surface area contributed by atoms with Crippen molar-refractivity contribution in [3.63, 3.8) is 0 Å². The zero-order chi connectivity index (χ0) is 9.68. The van der Waals surface area contributed by atoms with Crippen LogP contribution in [0, 0.1) is 0 Å². The maximum absolute atomic E-state index is 8.86. The SMILES string of the molecule is C/C=c1/[nH]cc(CCO)/c1=C/CC. The van der Waals surface area contributed by atoms with Gasteiger partial charge in [0.1, 0.15) is 0 Å². The normalized spacial score (nSPS) is 14.1. The van der Waals surface area contributed by atoms with Gasteiger partial charge in [-0.05, 0) is 30.5 Å². The summed E-state index contributed by atoms with van der Waals surface area (Å²) in [7, 11) is 0. The number of rotatable bonds is 3. The van der Waals surface area contributed by atoms with Crippen molar-refractivity contribution in [2.24, 2.45) is 0 Å². The third kappa shape index (κ3) is 2.22. The van der Waals surface area contributed by atoms with Crippen molar-refractivity contribution in [3.05, 3.63) is 22.3 Å². The molecule has 1 aromatic heterocycles.